The summed E-state index contributed by atoms with van der Waals surface area (Å²) in [5, 5.41) is 7.65. The zero-order valence-electron chi connectivity index (χ0n) is 17.4. The van der Waals surface area contributed by atoms with Gasteiger partial charge in [0, 0.05) is 20.1 Å². The number of alkyl halides is 2. The molecule has 1 aliphatic heterocycles. The second-order valence-electron chi connectivity index (χ2n) is 7.44. The zero-order valence-corrected chi connectivity index (χ0v) is 18.2. The number of aryl methyl sites for hydroxylation is 2. The summed E-state index contributed by atoms with van der Waals surface area (Å²) in [5.41, 5.74) is 1.23. The van der Waals surface area contributed by atoms with Crippen molar-refractivity contribution in [3.05, 3.63) is 33.6 Å². The fourth-order valence-electron chi connectivity index (χ4n) is 3.90. The number of amides is 1. The van der Waals surface area contributed by atoms with E-state index in [9.17, 15) is 18.4 Å². The number of aromatic nitrogens is 5. The summed E-state index contributed by atoms with van der Waals surface area (Å²) in [7, 11) is 1.82. The molecule has 0 spiro atoms. The van der Waals surface area contributed by atoms with Crippen molar-refractivity contribution in [3.8, 4) is 0 Å². The van der Waals surface area contributed by atoms with Gasteiger partial charge < -0.3 is 10.2 Å². The molecule has 12 heteroatoms. The monoisotopic (exact) mass is 451 g/mol. The van der Waals surface area contributed by atoms with E-state index in [1.165, 1.54) is 0 Å². The summed E-state index contributed by atoms with van der Waals surface area (Å²) in [5.74, 6) is -0.708. The number of hydrogen-bond donors (Lipinski definition) is 1. The maximum absolute atomic E-state index is 13.3. The van der Waals surface area contributed by atoms with Crippen LogP contribution in [0.2, 0.25) is 0 Å². The number of hydrogen-bond acceptors (Lipinski definition) is 7. The Bertz CT molecular complexity index is 1190. The van der Waals surface area contributed by atoms with Gasteiger partial charge in [-0.1, -0.05) is 11.3 Å². The van der Waals surface area contributed by atoms with E-state index in [1.807, 2.05) is 24.9 Å². The van der Waals surface area contributed by atoms with Crippen molar-refractivity contribution in [1.29, 1.82) is 0 Å². The lowest BCUT2D eigenvalue weighted by molar-refractivity contribution is -0.122. The Kier molecular flexibility index (Phi) is 5.73. The van der Waals surface area contributed by atoms with E-state index in [4.69, 9.17) is 0 Å². The number of carbonyl (C=O) groups is 1. The maximum Gasteiger partial charge on any atom is 0.295 e. The first kappa shape index (κ1) is 21.3. The van der Waals surface area contributed by atoms with Gasteiger partial charge in [-0.25, -0.2) is 18.7 Å². The fourth-order valence-corrected chi connectivity index (χ4v) is 4.92. The molecule has 0 saturated carbocycles. The number of nitrogens with one attached hydrogen (secondary N) is 1. The normalized spacial score (nSPS) is 16.6. The Hall–Kier alpha value is -2.89. The Balaban J connectivity index is 1.59. The van der Waals surface area contributed by atoms with Crippen molar-refractivity contribution in [3.63, 3.8) is 0 Å². The minimum absolute atomic E-state index is 0.0580. The molecule has 1 amide bonds. The summed E-state index contributed by atoms with van der Waals surface area (Å²) in [6.07, 6.45) is -1.43. The largest absolute Gasteiger partial charge is 0.349 e. The third-order valence-corrected chi connectivity index (χ3v) is 6.38. The van der Waals surface area contributed by atoms with Crippen molar-refractivity contribution in [2.45, 2.75) is 52.2 Å². The average Bonchev–Trinajstić information content (AvgIpc) is 3.43. The lowest BCUT2D eigenvalue weighted by atomic mass is 10.2. The van der Waals surface area contributed by atoms with Crippen LogP contribution in [-0.4, -0.2) is 42.8 Å². The van der Waals surface area contributed by atoms with E-state index in [0.29, 0.717) is 24.6 Å². The molecule has 0 aromatic carbocycles. The molecular weight excluding hydrogens is 428 g/mol. The molecule has 1 aliphatic rings. The molecule has 4 heterocycles. The molecule has 166 valence electrons. The smallest absolute Gasteiger partial charge is 0.295 e. The van der Waals surface area contributed by atoms with Gasteiger partial charge in [0.1, 0.15) is 6.04 Å². The summed E-state index contributed by atoms with van der Waals surface area (Å²) in [4.78, 5) is 35.9. The van der Waals surface area contributed by atoms with Crippen LogP contribution in [0.15, 0.2) is 10.9 Å². The number of halogens is 2. The lowest BCUT2D eigenvalue weighted by Crippen LogP contribution is -2.43. The van der Waals surface area contributed by atoms with E-state index in [-0.39, 0.29) is 22.8 Å². The molecule has 1 N–H and O–H groups in total. The molecule has 0 bridgehead atoms. The third-order valence-electron chi connectivity index (χ3n) is 5.39. The number of thiazole rings is 1. The summed E-state index contributed by atoms with van der Waals surface area (Å²) >= 11 is 1.06. The van der Waals surface area contributed by atoms with Gasteiger partial charge in [0.2, 0.25) is 5.91 Å². The molecule has 0 radical (unpaired) electrons. The fraction of sp³-hybridized carbons (Fsp3) is 0.526. The van der Waals surface area contributed by atoms with Crippen molar-refractivity contribution in [1.82, 2.24) is 29.6 Å². The van der Waals surface area contributed by atoms with Gasteiger partial charge in [-0.3, -0.25) is 18.8 Å². The van der Waals surface area contributed by atoms with Crippen LogP contribution in [0.1, 0.15) is 43.4 Å². The molecule has 9 nitrogen and oxygen atoms in total. The highest BCUT2D eigenvalue weighted by molar-refractivity contribution is 7.21. The van der Waals surface area contributed by atoms with Crippen LogP contribution in [0.5, 0.6) is 0 Å². The van der Waals surface area contributed by atoms with Crippen LogP contribution < -0.4 is 15.8 Å². The molecular formula is C19H23F2N7O2S. The van der Waals surface area contributed by atoms with Crippen LogP contribution in [0.25, 0.3) is 10.3 Å². The van der Waals surface area contributed by atoms with Crippen molar-refractivity contribution >= 4 is 32.7 Å². The zero-order chi connectivity index (χ0) is 22.3. The quantitative estimate of drug-likeness (QED) is 0.617. The Morgan fingerprint density at radius 3 is 2.81 bits per heavy atom. The van der Waals surface area contributed by atoms with Gasteiger partial charge >= 0.3 is 0 Å². The maximum atomic E-state index is 13.3. The summed E-state index contributed by atoms with van der Waals surface area (Å²) in [6, 6.07) is 1.46. The number of rotatable bonds is 6. The predicted octanol–water partition coefficient (Wildman–Crippen LogP) is 2.14. The molecule has 1 saturated heterocycles. The Morgan fingerprint density at radius 1 is 1.39 bits per heavy atom. The van der Waals surface area contributed by atoms with Gasteiger partial charge in [0.15, 0.2) is 21.3 Å². The van der Waals surface area contributed by atoms with E-state index in [2.05, 4.69) is 20.4 Å². The van der Waals surface area contributed by atoms with E-state index in [0.717, 1.165) is 33.7 Å². The number of fused-ring (bicyclic) bond motifs is 1. The van der Waals surface area contributed by atoms with E-state index >= 15 is 0 Å². The van der Waals surface area contributed by atoms with Crippen molar-refractivity contribution < 1.29 is 13.6 Å². The first-order valence-corrected chi connectivity index (χ1v) is 10.8. The Labute approximate surface area is 180 Å². The molecule has 1 fully saturated rings. The Morgan fingerprint density at radius 2 is 2.16 bits per heavy atom. The van der Waals surface area contributed by atoms with Gasteiger partial charge in [-0.2, -0.15) is 5.10 Å². The minimum atomic E-state index is -2.86. The molecule has 1 atom stereocenters. The van der Waals surface area contributed by atoms with Gasteiger partial charge in [0.25, 0.3) is 12.0 Å². The number of nitrogens with zero attached hydrogens (tertiary/aromatic N) is 6. The van der Waals surface area contributed by atoms with Crippen LogP contribution >= 0.6 is 11.3 Å². The highest BCUT2D eigenvalue weighted by Gasteiger charge is 2.33. The number of anilines is 1. The van der Waals surface area contributed by atoms with Crippen molar-refractivity contribution in [2.24, 2.45) is 7.05 Å². The molecule has 0 aliphatic carbocycles. The first-order valence-electron chi connectivity index (χ1n) is 10.0. The molecule has 1 unspecified atom stereocenters. The standard InChI is InChI=1S/C19H23F2N7O2S/c1-4-27-15(14(20)21)24-17-13(18(27)30)23-19(31-17)28-7-5-6-12(28)16(29)22-9-11-8-10(2)25-26(11)3/h8,12,14H,4-7,9H2,1-3H3,(H,22,29). The third kappa shape index (κ3) is 3.91. The second-order valence-corrected chi connectivity index (χ2v) is 8.40. The van der Waals surface area contributed by atoms with E-state index in [1.54, 1.807) is 11.6 Å². The highest BCUT2D eigenvalue weighted by Crippen LogP contribution is 2.32. The SMILES string of the molecule is CCn1c(C(F)F)nc2sc(N3CCCC3C(=O)NCc3cc(C)nn3C)nc2c1=O. The van der Waals surface area contributed by atoms with Gasteiger partial charge in [-0.15, -0.1) is 0 Å². The average molecular weight is 452 g/mol. The van der Waals surface area contributed by atoms with Crippen LogP contribution in [-0.2, 0) is 24.9 Å². The molecule has 31 heavy (non-hydrogen) atoms. The van der Waals surface area contributed by atoms with Crippen molar-refractivity contribution in [2.75, 3.05) is 11.4 Å². The first-order chi connectivity index (χ1) is 14.8. The van der Waals surface area contributed by atoms with Gasteiger partial charge in [0.05, 0.1) is 17.9 Å². The van der Waals surface area contributed by atoms with Crippen LogP contribution in [0.4, 0.5) is 13.9 Å². The van der Waals surface area contributed by atoms with Crippen LogP contribution in [0, 0.1) is 6.92 Å². The predicted molar refractivity (Wildman–Crippen MR) is 112 cm³/mol. The minimum Gasteiger partial charge on any atom is -0.349 e. The molecule has 4 rings (SSSR count). The highest BCUT2D eigenvalue weighted by atomic mass is 32.1. The van der Waals surface area contributed by atoms with E-state index < -0.39 is 23.9 Å². The summed E-state index contributed by atoms with van der Waals surface area (Å²) < 4.78 is 29.4. The number of carbonyl (C=O) groups excluding carboxylic acids is 1. The van der Waals surface area contributed by atoms with Crippen LogP contribution in [0.3, 0.4) is 0 Å². The second kappa shape index (κ2) is 8.33. The molecule has 3 aromatic rings. The molecule has 3 aromatic heterocycles. The lowest BCUT2D eigenvalue weighted by Gasteiger charge is -2.23. The van der Waals surface area contributed by atoms with Gasteiger partial charge in [-0.05, 0) is 32.8 Å². The summed E-state index contributed by atoms with van der Waals surface area (Å²) in [6.45, 7) is 4.51. The topological polar surface area (TPSA) is 97.9 Å².